The molecule has 2 aromatic heterocycles. The average Bonchev–Trinajstić information content (AvgIpc) is 3.32. The Morgan fingerprint density at radius 2 is 1.36 bits per heavy atom. The van der Waals surface area contributed by atoms with Gasteiger partial charge in [-0.1, -0.05) is 0 Å². The number of aromatic nitrogens is 3. The number of nitrogens with zero attached hydrogens (tertiary/aromatic N) is 5. The van der Waals surface area contributed by atoms with Crippen molar-refractivity contribution in [1.82, 2.24) is 19.3 Å². The molecule has 2 fully saturated rings. The van der Waals surface area contributed by atoms with E-state index in [1.165, 1.54) is 0 Å². The molecule has 1 unspecified atom stereocenters. The first-order chi connectivity index (χ1) is 17.9. The molecule has 11 nitrogen and oxygen atoms in total. The second-order valence-corrected chi connectivity index (χ2v) is 13.4. The van der Waals surface area contributed by atoms with Crippen LogP contribution in [0.25, 0.3) is 5.65 Å². The number of fused-ring (bicyclic) bond motifs is 3. The molecule has 2 bridgehead atoms. The van der Waals surface area contributed by atoms with Crippen molar-refractivity contribution >= 4 is 29.7 Å². The van der Waals surface area contributed by atoms with Crippen LogP contribution in [0, 0.1) is 0 Å². The standard InChI is InChI=1S/C28H41N5O6/c1-26(2,3)37-23(34)32-18-10-11-19(32)15-17(14-18)20-16-31-13-12-29-21(31)22(30-20)33(24(35)38-27(4,5)6)25(36)39-28(7,8)9/h12-13,16-19H,10-11,14-15H2,1-9H3/t17?,18-,19+. The number of imidazole rings is 1. The van der Waals surface area contributed by atoms with Crippen LogP contribution in [0.2, 0.25) is 0 Å². The highest BCUT2D eigenvalue weighted by atomic mass is 16.6. The second kappa shape index (κ2) is 9.98. The molecule has 2 aliphatic rings. The molecule has 0 radical (unpaired) electrons. The van der Waals surface area contributed by atoms with Gasteiger partial charge in [-0.3, -0.25) is 0 Å². The number of hydrogen-bond donors (Lipinski definition) is 0. The molecule has 0 aromatic carbocycles. The predicted molar refractivity (Wildman–Crippen MR) is 145 cm³/mol. The normalized spacial score (nSPS) is 21.6. The molecule has 2 aromatic rings. The highest BCUT2D eigenvalue weighted by molar-refractivity contribution is 6.10. The van der Waals surface area contributed by atoms with E-state index in [2.05, 4.69) is 4.98 Å². The topological polar surface area (TPSA) is 116 Å². The molecule has 2 aliphatic heterocycles. The Bertz CT molecular complexity index is 1210. The van der Waals surface area contributed by atoms with Gasteiger partial charge in [0.25, 0.3) is 0 Å². The third-order valence-corrected chi connectivity index (χ3v) is 6.49. The van der Waals surface area contributed by atoms with Gasteiger partial charge in [-0.15, -0.1) is 0 Å². The maximum atomic E-state index is 13.4. The average molecular weight is 544 g/mol. The molecule has 0 N–H and O–H groups in total. The number of ether oxygens (including phenoxy) is 3. The third-order valence-electron chi connectivity index (χ3n) is 6.49. The summed E-state index contributed by atoms with van der Waals surface area (Å²) in [6.45, 7) is 15.9. The summed E-state index contributed by atoms with van der Waals surface area (Å²) in [7, 11) is 0. The third kappa shape index (κ3) is 6.62. The van der Waals surface area contributed by atoms with Crippen LogP contribution in [0.3, 0.4) is 0 Å². The van der Waals surface area contributed by atoms with Crippen molar-refractivity contribution in [2.24, 2.45) is 0 Å². The molecule has 4 heterocycles. The first-order valence-corrected chi connectivity index (χ1v) is 13.5. The van der Waals surface area contributed by atoms with Crippen molar-refractivity contribution in [3.8, 4) is 0 Å². The Labute approximate surface area is 229 Å². The maximum Gasteiger partial charge on any atom is 0.425 e. The SMILES string of the molecule is CC(C)(C)OC(=O)N(C(=O)OC(C)(C)C)c1nc(C2C[C@H]3CC[C@@H](C2)N3C(=O)OC(C)(C)C)cn2ccnc12. The summed E-state index contributed by atoms with van der Waals surface area (Å²) in [5.74, 6) is 0.0498. The smallest absolute Gasteiger partial charge is 0.425 e. The fourth-order valence-electron chi connectivity index (χ4n) is 5.17. The van der Waals surface area contributed by atoms with Crippen LogP contribution in [0.5, 0.6) is 0 Å². The van der Waals surface area contributed by atoms with Crippen molar-refractivity contribution in [3.05, 3.63) is 24.3 Å². The molecular weight excluding hydrogens is 502 g/mol. The molecule has 0 aliphatic carbocycles. The van der Waals surface area contributed by atoms with Gasteiger partial charge < -0.3 is 23.5 Å². The van der Waals surface area contributed by atoms with E-state index in [9.17, 15) is 14.4 Å². The monoisotopic (exact) mass is 543 g/mol. The number of carbonyl (C=O) groups excluding carboxylic acids is 3. The van der Waals surface area contributed by atoms with E-state index in [0.717, 1.165) is 17.7 Å². The van der Waals surface area contributed by atoms with E-state index in [1.54, 1.807) is 58.3 Å². The van der Waals surface area contributed by atoms with E-state index < -0.39 is 29.0 Å². The molecule has 4 rings (SSSR count). The lowest BCUT2D eigenvalue weighted by Gasteiger charge is -2.39. The Balaban J connectivity index is 1.70. The van der Waals surface area contributed by atoms with E-state index in [-0.39, 0.29) is 29.9 Å². The summed E-state index contributed by atoms with van der Waals surface area (Å²) in [4.78, 5) is 51.6. The van der Waals surface area contributed by atoms with Gasteiger partial charge in [-0.2, -0.15) is 4.90 Å². The Kier molecular flexibility index (Phi) is 7.33. The molecule has 11 heteroatoms. The second-order valence-electron chi connectivity index (χ2n) is 13.4. The van der Waals surface area contributed by atoms with Crippen molar-refractivity contribution in [1.29, 1.82) is 0 Å². The lowest BCUT2D eigenvalue weighted by atomic mass is 9.88. The fourth-order valence-corrected chi connectivity index (χ4v) is 5.17. The molecule has 0 saturated carbocycles. The summed E-state index contributed by atoms with van der Waals surface area (Å²) in [6.07, 6.45) is 6.30. The maximum absolute atomic E-state index is 13.4. The number of rotatable bonds is 2. The van der Waals surface area contributed by atoms with Crippen LogP contribution in [-0.4, -0.2) is 66.4 Å². The van der Waals surface area contributed by atoms with Gasteiger partial charge in [-0.25, -0.2) is 24.4 Å². The summed E-state index contributed by atoms with van der Waals surface area (Å²) in [6, 6.07) is 0.0558. The van der Waals surface area contributed by atoms with Crippen LogP contribution in [0.1, 0.15) is 99.6 Å². The van der Waals surface area contributed by atoms with Crippen LogP contribution in [0.15, 0.2) is 18.6 Å². The Morgan fingerprint density at radius 3 is 1.85 bits per heavy atom. The zero-order chi connectivity index (χ0) is 28.9. The van der Waals surface area contributed by atoms with Gasteiger partial charge in [0, 0.05) is 36.6 Å². The van der Waals surface area contributed by atoms with Crippen molar-refractivity contribution in [3.63, 3.8) is 0 Å². The van der Waals surface area contributed by atoms with Crippen LogP contribution < -0.4 is 4.90 Å². The van der Waals surface area contributed by atoms with E-state index >= 15 is 0 Å². The van der Waals surface area contributed by atoms with Crippen molar-refractivity contribution in [2.75, 3.05) is 4.90 Å². The van der Waals surface area contributed by atoms with Crippen LogP contribution in [-0.2, 0) is 14.2 Å². The number of carbonyl (C=O) groups is 3. The minimum absolute atomic E-state index is 0.00543. The highest BCUT2D eigenvalue weighted by Gasteiger charge is 2.46. The van der Waals surface area contributed by atoms with E-state index in [0.29, 0.717) is 24.2 Å². The lowest BCUT2D eigenvalue weighted by molar-refractivity contribution is 0.00558. The molecule has 0 spiro atoms. The van der Waals surface area contributed by atoms with Gasteiger partial charge in [0.1, 0.15) is 16.8 Å². The first kappa shape index (κ1) is 28.6. The molecule has 3 amide bonds. The van der Waals surface area contributed by atoms with E-state index in [1.807, 2.05) is 31.9 Å². The number of imide groups is 1. The summed E-state index contributed by atoms with van der Waals surface area (Å²) in [5.41, 5.74) is -1.25. The van der Waals surface area contributed by atoms with Crippen LogP contribution >= 0.6 is 0 Å². The highest BCUT2D eigenvalue weighted by Crippen LogP contribution is 2.43. The number of hydrogen-bond acceptors (Lipinski definition) is 8. The molecular formula is C28H41N5O6. The minimum atomic E-state index is -0.897. The number of piperidine rings is 1. The summed E-state index contributed by atoms with van der Waals surface area (Å²) in [5, 5.41) is 0. The number of anilines is 1. The summed E-state index contributed by atoms with van der Waals surface area (Å²) >= 11 is 0. The van der Waals surface area contributed by atoms with Gasteiger partial charge in [0.15, 0.2) is 11.5 Å². The first-order valence-electron chi connectivity index (χ1n) is 13.5. The van der Waals surface area contributed by atoms with Crippen molar-refractivity contribution < 1.29 is 28.6 Å². The molecule has 3 atom stereocenters. The predicted octanol–water partition coefficient (Wildman–Crippen LogP) is 6.05. The van der Waals surface area contributed by atoms with Crippen LogP contribution in [0.4, 0.5) is 20.2 Å². The molecule has 39 heavy (non-hydrogen) atoms. The Morgan fingerprint density at radius 1 is 0.846 bits per heavy atom. The van der Waals surface area contributed by atoms with Gasteiger partial charge in [0.2, 0.25) is 0 Å². The van der Waals surface area contributed by atoms with E-state index in [4.69, 9.17) is 19.2 Å². The zero-order valence-corrected chi connectivity index (χ0v) is 24.5. The van der Waals surface area contributed by atoms with Gasteiger partial charge in [0.05, 0.1) is 5.69 Å². The zero-order valence-electron chi connectivity index (χ0n) is 24.5. The Hall–Kier alpha value is -3.37. The lowest BCUT2D eigenvalue weighted by Crippen LogP contribution is -2.48. The minimum Gasteiger partial charge on any atom is -0.444 e. The van der Waals surface area contributed by atoms with Gasteiger partial charge >= 0.3 is 18.3 Å². The number of amides is 3. The quantitative estimate of drug-likeness (QED) is 0.420. The fraction of sp³-hybridized carbons (Fsp3) is 0.679. The summed E-state index contributed by atoms with van der Waals surface area (Å²) < 4.78 is 18.6. The van der Waals surface area contributed by atoms with Crippen molar-refractivity contribution in [2.45, 2.75) is 123 Å². The molecule has 2 saturated heterocycles. The largest absolute Gasteiger partial charge is 0.444 e. The van der Waals surface area contributed by atoms with Gasteiger partial charge in [-0.05, 0) is 88.0 Å². The molecule has 214 valence electrons.